The van der Waals surface area contributed by atoms with Gasteiger partial charge in [0.1, 0.15) is 0 Å². The first-order chi connectivity index (χ1) is 7.10. The highest BCUT2D eigenvalue weighted by Crippen LogP contribution is 1.99. The fourth-order valence-corrected chi connectivity index (χ4v) is 1.54. The third-order valence-electron chi connectivity index (χ3n) is 2.63. The maximum atomic E-state index is 10.5. The lowest BCUT2D eigenvalue weighted by molar-refractivity contribution is -0.117. The highest BCUT2D eigenvalue weighted by atomic mass is 16.1. The molecule has 4 heteroatoms. The van der Waals surface area contributed by atoms with Gasteiger partial charge in [0.2, 0.25) is 5.91 Å². The van der Waals surface area contributed by atoms with E-state index in [9.17, 15) is 4.79 Å². The van der Waals surface area contributed by atoms with Gasteiger partial charge in [-0.05, 0) is 39.4 Å². The summed E-state index contributed by atoms with van der Waals surface area (Å²) in [6.45, 7) is 10.1. The molecule has 0 heterocycles. The van der Waals surface area contributed by atoms with E-state index in [1.165, 1.54) is 0 Å². The zero-order valence-electron chi connectivity index (χ0n) is 10.3. The second kappa shape index (κ2) is 8.68. The maximum absolute atomic E-state index is 10.5. The summed E-state index contributed by atoms with van der Waals surface area (Å²) in [4.78, 5) is 12.9. The third-order valence-corrected chi connectivity index (χ3v) is 2.63. The average molecular weight is 215 g/mol. The molecule has 0 aromatic heterocycles. The summed E-state index contributed by atoms with van der Waals surface area (Å²) in [5.74, 6) is -0.286. The second-order valence-corrected chi connectivity index (χ2v) is 3.92. The monoisotopic (exact) mass is 215 g/mol. The predicted molar refractivity (Wildman–Crippen MR) is 63.7 cm³/mol. The Bertz CT molecular complexity index is 169. The van der Waals surface area contributed by atoms with E-state index in [2.05, 4.69) is 31.0 Å². The van der Waals surface area contributed by atoms with E-state index >= 15 is 0 Å². The van der Waals surface area contributed by atoms with Gasteiger partial charge in [-0.25, -0.2) is 0 Å². The Balaban J connectivity index is 3.45. The van der Waals surface area contributed by atoms with Gasteiger partial charge in [-0.15, -0.1) is 0 Å². The highest BCUT2D eigenvalue weighted by Gasteiger charge is 2.04. The van der Waals surface area contributed by atoms with Crippen LogP contribution in [0.4, 0.5) is 0 Å². The summed E-state index contributed by atoms with van der Waals surface area (Å²) < 4.78 is 0. The van der Waals surface area contributed by atoms with E-state index in [-0.39, 0.29) is 12.5 Å². The molecule has 0 bridgehead atoms. The first-order valence-corrected chi connectivity index (χ1v) is 5.84. The molecule has 0 fully saturated rings. The highest BCUT2D eigenvalue weighted by molar-refractivity contribution is 5.75. The molecule has 0 aliphatic heterocycles. The lowest BCUT2D eigenvalue weighted by Gasteiger charge is -2.19. The minimum Gasteiger partial charge on any atom is -0.369 e. The predicted octanol–water partition coefficient (Wildman–Crippen LogP) is 0.572. The number of nitrogens with two attached hydrogens (primary N) is 1. The Morgan fingerprint density at radius 2 is 2.00 bits per heavy atom. The van der Waals surface area contributed by atoms with Crippen molar-refractivity contribution in [2.45, 2.75) is 39.7 Å². The number of carbonyl (C=O) groups is 1. The van der Waals surface area contributed by atoms with Gasteiger partial charge in [-0.3, -0.25) is 4.79 Å². The second-order valence-electron chi connectivity index (χ2n) is 3.92. The normalized spacial score (nSPS) is 13.1. The van der Waals surface area contributed by atoms with Crippen molar-refractivity contribution in [3.63, 3.8) is 0 Å². The topological polar surface area (TPSA) is 58.4 Å². The first-order valence-electron chi connectivity index (χ1n) is 5.84. The van der Waals surface area contributed by atoms with Crippen molar-refractivity contribution in [3.05, 3.63) is 0 Å². The maximum Gasteiger partial charge on any atom is 0.231 e. The van der Waals surface area contributed by atoms with Gasteiger partial charge in [-0.2, -0.15) is 0 Å². The van der Waals surface area contributed by atoms with Crippen LogP contribution in [-0.4, -0.2) is 43.0 Å². The molecule has 0 aromatic rings. The molecule has 3 N–H and O–H groups in total. The molecular weight excluding hydrogens is 190 g/mol. The van der Waals surface area contributed by atoms with Crippen LogP contribution in [0.1, 0.15) is 33.6 Å². The van der Waals surface area contributed by atoms with Gasteiger partial charge in [0.25, 0.3) is 0 Å². The number of nitrogens with zero attached hydrogens (tertiary/aromatic N) is 1. The lowest BCUT2D eigenvalue weighted by Crippen LogP contribution is -2.35. The van der Waals surface area contributed by atoms with Crippen LogP contribution in [0, 0.1) is 0 Å². The van der Waals surface area contributed by atoms with E-state index in [1.807, 2.05) is 0 Å². The number of primary amides is 1. The number of hydrogen-bond acceptors (Lipinski definition) is 3. The number of carbonyl (C=O) groups excluding carboxylic acids is 1. The largest absolute Gasteiger partial charge is 0.369 e. The van der Waals surface area contributed by atoms with Crippen molar-refractivity contribution in [3.8, 4) is 0 Å². The zero-order valence-corrected chi connectivity index (χ0v) is 10.3. The smallest absolute Gasteiger partial charge is 0.231 e. The Hall–Kier alpha value is -0.610. The van der Waals surface area contributed by atoms with Crippen molar-refractivity contribution < 1.29 is 4.79 Å². The van der Waals surface area contributed by atoms with Crippen LogP contribution in [0.2, 0.25) is 0 Å². The Morgan fingerprint density at radius 1 is 1.40 bits per heavy atom. The number of nitrogens with one attached hydrogen (secondary N) is 1. The summed E-state index contributed by atoms with van der Waals surface area (Å²) in [6.07, 6.45) is 2.25. The van der Waals surface area contributed by atoms with E-state index in [4.69, 9.17) is 5.73 Å². The van der Waals surface area contributed by atoms with Gasteiger partial charge >= 0.3 is 0 Å². The van der Waals surface area contributed by atoms with Crippen molar-refractivity contribution >= 4 is 5.91 Å². The van der Waals surface area contributed by atoms with E-state index in [0.29, 0.717) is 6.04 Å². The average Bonchev–Trinajstić information content (AvgIpc) is 2.21. The Labute approximate surface area is 93.2 Å². The van der Waals surface area contributed by atoms with E-state index in [0.717, 1.165) is 32.5 Å². The molecule has 0 radical (unpaired) electrons. The molecule has 15 heavy (non-hydrogen) atoms. The summed E-state index contributed by atoms with van der Waals surface area (Å²) >= 11 is 0. The van der Waals surface area contributed by atoms with Gasteiger partial charge in [-0.1, -0.05) is 13.8 Å². The van der Waals surface area contributed by atoms with Crippen LogP contribution in [0.3, 0.4) is 0 Å². The van der Waals surface area contributed by atoms with Crippen molar-refractivity contribution in [2.24, 2.45) is 5.73 Å². The molecule has 1 amide bonds. The summed E-state index contributed by atoms with van der Waals surface area (Å²) in [7, 11) is 0. The van der Waals surface area contributed by atoms with E-state index in [1.54, 1.807) is 0 Å². The molecule has 1 unspecified atom stereocenters. The molecule has 4 nitrogen and oxygen atoms in total. The van der Waals surface area contributed by atoms with Gasteiger partial charge in [0, 0.05) is 6.04 Å². The fourth-order valence-electron chi connectivity index (χ4n) is 1.54. The summed E-state index contributed by atoms with van der Waals surface area (Å²) in [5.41, 5.74) is 5.05. The van der Waals surface area contributed by atoms with Gasteiger partial charge < -0.3 is 16.0 Å². The lowest BCUT2D eigenvalue weighted by atomic mass is 10.1. The Morgan fingerprint density at radius 3 is 2.47 bits per heavy atom. The van der Waals surface area contributed by atoms with Crippen LogP contribution in [0.25, 0.3) is 0 Å². The van der Waals surface area contributed by atoms with Crippen LogP contribution < -0.4 is 11.1 Å². The van der Waals surface area contributed by atoms with Crippen LogP contribution >= 0.6 is 0 Å². The van der Waals surface area contributed by atoms with Crippen molar-refractivity contribution in [1.82, 2.24) is 10.2 Å². The SMILES string of the molecule is CCN(CC)CCCC(C)NCC(N)=O. The third kappa shape index (κ3) is 8.39. The fraction of sp³-hybridized carbons (Fsp3) is 0.909. The minimum absolute atomic E-state index is 0.284. The molecule has 0 aromatic carbocycles. The summed E-state index contributed by atoms with van der Waals surface area (Å²) in [5, 5.41) is 3.10. The molecule has 0 spiro atoms. The number of hydrogen-bond donors (Lipinski definition) is 2. The molecular formula is C11H25N3O. The zero-order chi connectivity index (χ0) is 11.7. The molecule has 0 aliphatic rings. The molecule has 0 aliphatic carbocycles. The molecule has 0 rings (SSSR count). The first kappa shape index (κ1) is 14.4. The van der Waals surface area contributed by atoms with E-state index < -0.39 is 0 Å². The van der Waals surface area contributed by atoms with Gasteiger partial charge in [0.05, 0.1) is 6.54 Å². The number of amides is 1. The van der Waals surface area contributed by atoms with Crippen molar-refractivity contribution in [1.29, 1.82) is 0 Å². The van der Waals surface area contributed by atoms with Gasteiger partial charge in [0.15, 0.2) is 0 Å². The van der Waals surface area contributed by atoms with Crippen molar-refractivity contribution in [2.75, 3.05) is 26.2 Å². The molecule has 90 valence electrons. The summed E-state index contributed by atoms with van der Waals surface area (Å²) in [6, 6.07) is 0.369. The Kier molecular flexibility index (Phi) is 8.33. The van der Waals surface area contributed by atoms with Crippen LogP contribution in [0.15, 0.2) is 0 Å². The minimum atomic E-state index is -0.286. The molecule has 0 saturated carbocycles. The van der Waals surface area contributed by atoms with Crippen LogP contribution in [0.5, 0.6) is 0 Å². The quantitative estimate of drug-likeness (QED) is 0.591. The molecule has 0 saturated heterocycles. The molecule has 1 atom stereocenters. The number of rotatable bonds is 9. The van der Waals surface area contributed by atoms with Crippen LogP contribution in [-0.2, 0) is 4.79 Å². The standard InChI is InChI=1S/C11H25N3O/c1-4-14(5-2)8-6-7-10(3)13-9-11(12)15/h10,13H,4-9H2,1-3H3,(H2,12,15).